The molecule has 0 spiro atoms. The highest BCUT2D eigenvalue weighted by atomic mass is 16.2. The number of amides is 3. The summed E-state index contributed by atoms with van der Waals surface area (Å²) in [6.45, 7) is 6.59. The third-order valence-electron chi connectivity index (χ3n) is 4.64. The predicted molar refractivity (Wildman–Crippen MR) is 98.2 cm³/mol. The lowest BCUT2D eigenvalue weighted by atomic mass is 10.1. The van der Waals surface area contributed by atoms with Crippen LogP contribution in [0.3, 0.4) is 0 Å². The number of aromatic nitrogens is 2. The molecule has 138 valence electrons. The summed E-state index contributed by atoms with van der Waals surface area (Å²) in [6.07, 6.45) is 0.887. The van der Waals surface area contributed by atoms with Crippen LogP contribution in [0.2, 0.25) is 0 Å². The second-order valence-corrected chi connectivity index (χ2v) is 6.61. The van der Waals surface area contributed by atoms with E-state index in [1.54, 1.807) is 6.92 Å². The van der Waals surface area contributed by atoms with E-state index in [1.807, 2.05) is 46.8 Å². The van der Waals surface area contributed by atoms with Crippen molar-refractivity contribution in [1.82, 2.24) is 25.3 Å². The van der Waals surface area contributed by atoms with Gasteiger partial charge in [-0.1, -0.05) is 24.3 Å². The molecule has 7 heteroatoms. The Labute approximate surface area is 153 Å². The molecule has 0 bridgehead atoms. The summed E-state index contributed by atoms with van der Waals surface area (Å²) in [4.78, 5) is 25.5. The van der Waals surface area contributed by atoms with Crippen molar-refractivity contribution in [3.8, 4) is 0 Å². The van der Waals surface area contributed by atoms with E-state index < -0.39 is 0 Å². The third kappa shape index (κ3) is 4.41. The molecule has 0 unspecified atom stereocenters. The highest BCUT2D eigenvalue weighted by Gasteiger charge is 2.18. The Morgan fingerprint density at radius 2 is 1.92 bits per heavy atom. The average Bonchev–Trinajstić information content (AvgIpc) is 2.89. The maximum absolute atomic E-state index is 12.0. The lowest BCUT2D eigenvalue weighted by Crippen LogP contribution is -2.34. The van der Waals surface area contributed by atoms with E-state index in [0.29, 0.717) is 19.6 Å². The molecule has 1 aliphatic heterocycles. The van der Waals surface area contributed by atoms with Crippen molar-refractivity contribution in [2.45, 2.75) is 46.4 Å². The summed E-state index contributed by atoms with van der Waals surface area (Å²) in [7, 11) is 0. The first kappa shape index (κ1) is 18.0. The first-order valence-corrected chi connectivity index (χ1v) is 8.90. The van der Waals surface area contributed by atoms with Gasteiger partial charge in [-0.05, 0) is 30.5 Å². The van der Waals surface area contributed by atoms with E-state index in [0.717, 1.165) is 42.0 Å². The van der Waals surface area contributed by atoms with E-state index >= 15 is 0 Å². The van der Waals surface area contributed by atoms with E-state index in [4.69, 9.17) is 0 Å². The second-order valence-electron chi connectivity index (χ2n) is 6.61. The van der Waals surface area contributed by atoms with E-state index in [2.05, 4.69) is 15.7 Å². The van der Waals surface area contributed by atoms with E-state index in [-0.39, 0.29) is 11.9 Å². The topological polar surface area (TPSA) is 79.3 Å². The smallest absolute Gasteiger partial charge is 0.315 e. The van der Waals surface area contributed by atoms with Crippen molar-refractivity contribution in [2.24, 2.45) is 0 Å². The molecule has 3 amide bonds. The zero-order valence-corrected chi connectivity index (χ0v) is 15.3. The Kier molecular flexibility index (Phi) is 5.55. The molecule has 0 fully saturated rings. The molecule has 0 atom stereocenters. The van der Waals surface area contributed by atoms with Gasteiger partial charge in [-0.15, -0.1) is 0 Å². The Morgan fingerprint density at radius 3 is 2.69 bits per heavy atom. The maximum atomic E-state index is 12.0. The number of hydrogen-bond donors (Lipinski definition) is 2. The highest BCUT2D eigenvalue weighted by molar-refractivity contribution is 5.74. The predicted octanol–water partition coefficient (Wildman–Crippen LogP) is 1.94. The largest absolute Gasteiger partial charge is 0.337 e. The number of carbonyl (C=O) groups is 2. The summed E-state index contributed by atoms with van der Waals surface area (Å²) in [5.74, 6) is 0.0786. The molecule has 2 N–H and O–H groups in total. The van der Waals surface area contributed by atoms with Crippen LogP contribution in [0.1, 0.15) is 35.9 Å². The molecule has 1 aromatic heterocycles. The number of fused-ring (bicyclic) bond motifs is 1. The number of carbonyl (C=O) groups excluding carboxylic acids is 2. The van der Waals surface area contributed by atoms with Gasteiger partial charge in [0, 0.05) is 26.6 Å². The molecular formula is C19H25N5O2. The van der Waals surface area contributed by atoms with Crippen LogP contribution in [-0.2, 0) is 31.0 Å². The van der Waals surface area contributed by atoms with Crippen LogP contribution in [0, 0.1) is 6.92 Å². The fourth-order valence-electron chi connectivity index (χ4n) is 3.09. The average molecular weight is 355 g/mol. The van der Waals surface area contributed by atoms with Crippen LogP contribution in [0.15, 0.2) is 30.3 Å². The van der Waals surface area contributed by atoms with Crippen molar-refractivity contribution in [1.29, 1.82) is 0 Å². The minimum atomic E-state index is -0.221. The van der Waals surface area contributed by atoms with E-state index in [9.17, 15) is 9.59 Å². The van der Waals surface area contributed by atoms with Crippen molar-refractivity contribution in [3.63, 3.8) is 0 Å². The number of benzene rings is 1. The van der Waals surface area contributed by atoms with E-state index in [1.165, 1.54) is 0 Å². The van der Waals surface area contributed by atoms with Gasteiger partial charge in [-0.3, -0.25) is 9.48 Å². The van der Waals surface area contributed by atoms with Gasteiger partial charge in [0.2, 0.25) is 5.91 Å². The summed E-state index contributed by atoms with van der Waals surface area (Å²) < 4.78 is 1.94. The number of nitrogens with one attached hydrogen (secondary N) is 2. The molecule has 26 heavy (non-hydrogen) atoms. The van der Waals surface area contributed by atoms with Gasteiger partial charge in [0.15, 0.2) is 0 Å². The van der Waals surface area contributed by atoms with Crippen LogP contribution in [0.25, 0.3) is 0 Å². The molecule has 0 radical (unpaired) electrons. The lowest BCUT2D eigenvalue weighted by molar-refractivity contribution is -0.129. The maximum Gasteiger partial charge on any atom is 0.315 e. The molecule has 0 saturated heterocycles. The van der Waals surface area contributed by atoms with Crippen LogP contribution in [-0.4, -0.2) is 33.2 Å². The molecular weight excluding hydrogens is 330 g/mol. The lowest BCUT2D eigenvalue weighted by Gasteiger charge is -2.17. The fraction of sp³-hybridized carbons (Fsp3) is 0.421. The molecule has 2 heterocycles. The fourth-order valence-corrected chi connectivity index (χ4v) is 3.09. The minimum absolute atomic E-state index is 0.0786. The second kappa shape index (κ2) is 8.03. The minimum Gasteiger partial charge on any atom is -0.337 e. The summed E-state index contributed by atoms with van der Waals surface area (Å²) in [6, 6.07) is 9.71. The van der Waals surface area contributed by atoms with Gasteiger partial charge in [0.25, 0.3) is 0 Å². The molecule has 2 aromatic rings. The SMILES string of the molecule is CC(=O)N1CCCn2nc(CNC(=O)NCc3ccccc3C)cc2C1. The number of hydrogen-bond acceptors (Lipinski definition) is 3. The van der Waals surface area contributed by atoms with Crippen molar-refractivity contribution < 1.29 is 9.59 Å². The summed E-state index contributed by atoms with van der Waals surface area (Å²) in [5.41, 5.74) is 4.06. The standard InChI is InChI=1S/C19H25N5O2/c1-14-6-3-4-7-16(14)11-20-19(26)21-12-17-10-18-13-23(15(2)25)8-5-9-24(18)22-17/h3-4,6-7,10H,5,8-9,11-13H2,1-2H3,(H2,20,21,26). The van der Waals surface area contributed by atoms with Gasteiger partial charge in [0.1, 0.15) is 0 Å². The zero-order valence-electron chi connectivity index (χ0n) is 15.3. The molecule has 3 rings (SSSR count). The van der Waals surface area contributed by atoms with Crippen LogP contribution in [0.4, 0.5) is 4.79 Å². The molecule has 7 nitrogen and oxygen atoms in total. The number of urea groups is 1. The highest BCUT2D eigenvalue weighted by Crippen LogP contribution is 2.14. The van der Waals surface area contributed by atoms with Crippen LogP contribution in [0.5, 0.6) is 0 Å². The Bertz CT molecular complexity index is 799. The zero-order chi connectivity index (χ0) is 18.5. The monoisotopic (exact) mass is 355 g/mol. The first-order valence-electron chi connectivity index (χ1n) is 8.90. The van der Waals surface area contributed by atoms with Crippen molar-refractivity contribution in [3.05, 3.63) is 52.8 Å². The first-order chi connectivity index (χ1) is 12.5. The van der Waals surface area contributed by atoms with Gasteiger partial charge in [-0.2, -0.15) is 5.10 Å². The molecule has 1 aromatic carbocycles. The molecule has 1 aliphatic rings. The quantitative estimate of drug-likeness (QED) is 0.880. The summed E-state index contributed by atoms with van der Waals surface area (Å²) in [5, 5.41) is 10.3. The Hall–Kier alpha value is -2.83. The van der Waals surface area contributed by atoms with Gasteiger partial charge < -0.3 is 15.5 Å². The Balaban J connectivity index is 1.52. The third-order valence-corrected chi connectivity index (χ3v) is 4.64. The van der Waals surface area contributed by atoms with Gasteiger partial charge in [-0.25, -0.2) is 4.79 Å². The Morgan fingerprint density at radius 1 is 1.15 bits per heavy atom. The van der Waals surface area contributed by atoms with Crippen LogP contribution >= 0.6 is 0 Å². The number of rotatable bonds is 4. The number of aryl methyl sites for hydroxylation is 2. The number of nitrogens with zero attached hydrogens (tertiary/aromatic N) is 3. The molecule has 0 aliphatic carbocycles. The van der Waals surface area contributed by atoms with Gasteiger partial charge >= 0.3 is 6.03 Å². The van der Waals surface area contributed by atoms with Crippen molar-refractivity contribution in [2.75, 3.05) is 6.54 Å². The molecule has 0 saturated carbocycles. The van der Waals surface area contributed by atoms with Gasteiger partial charge in [0.05, 0.1) is 24.5 Å². The van der Waals surface area contributed by atoms with Crippen LogP contribution < -0.4 is 10.6 Å². The normalized spacial score (nSPS) is 13.7. The summed E-state index contributed by atoms with van der Waals surface area (Å²) >= 11 is 0. The van der Waals surface area contributed by atoms with Crippen molar-refractivity contribution >= 4 is 11.9 Å².